The Balaban J connectivity index is 1.32. The van der Waals surface area contributed by atoms with Crippen LogP contribution in [-0.2, 0) is 16.1 Å². The van der Waals surface area contributed by atoms with Crippen LogP contribution in [0.2, 0.25) is 0 Å². The van der Waals surface area contributed by atoms with Crippen LogP contribution in [0.4, 0.5) is 11.6 Å². The van der Waals surface area contributed by atoms with Crippen LogP contribution < -0.4 is 11.1 Å². The lowest BCUT2D eigenvalue weighted by Crippen LogP contribution is -2.15. The zero-order chi connectivity index (χ0) is 22.9. The van der Waals surface area contributed by atoms with Gasteiger partial charge < -0.3 is 15.8 Å². The smallest absolute Gasteiger partial charge is 0.229 e. The number of hydrogen-bond acceptors (Lipinski definition) is 7. The van der Waals surface area contributed by atoms with E-state index in [4.69, 9.17) is 10.5 Å². The quantitative estimate of drug-likeness (QED) is 0.450. The molecule has 0 aliphatic heterocycles. The average molecular weight is 444 g/mol. The van der Waals surface area contributed by atoms with Gasteiger partial charge in [0.1, 0.15) is 11.6 Å². The van der Waals surface area contributed by atoms with Crippen molar-refractivity contribution in [3.8, 4) is 11.3 Å². The molecule has 4 aromatic heterocycles. The van der Waals surface area contributed by atoms with Gasteiger partial charge in [0.05, 0.1) is 25.0 Å². The fourth-order valence-electron chi connectivity index (χ4n) is 4.06. The van der Waals surface area contributed by atoms with Crippen molar-refractivity contribution in [2.24, 2.45) is 5.92 Å². The maximum Gasteiger partial charge on any atom is 0.229 e. The van der Waals surface area contributed by atoms with E-state index in [9.17, 15) is 4.79 Å². The molecule has 5 rings (SSSR count). The minimum atomic E-state index is -0.0846. The fraction of sp³-hybridized carbons (Fsp3) is 0.292. The molecule has 4 aromatic rings. The molecule has 3 N–H and O–H groups in total. The van der Waals surface area contributed by atoms with Gasteiger partial charge in [-0.3, -0.25) is 14.5 Å². The molecule has 4 heterocycles. The predicted molar refractivity (Wildman–Crippen MR) is 125 cm³/mol. The van der Waals surface area contributed by atoms with Crippen LogP contribution in [-0.4, -0.2) is 44.4 Å². The summed E-state index contributed by atoms with van der Waals surface area (Å²) in [5.41, 5.74) is 9.99. The van der Waals surface area contributed by atoms with E-state index in [1.165, 1.54) is 0 Å². The number of amides is 1. The highest BCUT2D eigenvalue weighted by Gasteiger charge is 2.44. The Kier molecular flexibility index (Phi) is 5.47. The van der Waals surface area contributed by atoms with Gasteiger partial charge in [0, 0.05) is 48.8 Å². The molecule has 0 spiro atoms. The Morgan fingerprint density at radius 3 is 3.00 bits per heavy atom. The number of aryl methyl sites for hydroxylation is 1. The van der Waals surface area contributed by atoms with E-state index in [-0.39, 0.29) is 17.7 Å². The van der Waals surface area contributed by atoms with Crippen molar-refractivity contribution in [3.63, 3.8) is 0 Å². The number of carbonyl (C=O) groups excluding carboxylic acids is 1. The van der Waals surface area contributed by atoms with Crippen molar-refractivity contribution in [1.82, 2.24) is 24.7 Å². The highest BCUT2D eigenvalue weighted by molar-refractivity contribution is 5.98. The number of carbonyl (C=O) groups is 1. The van der Waals surface area contributed by atoms with Crippen LogP contribution in [0.5, 0.6) is 0 Å². The minimum absolute atomic E-state index is 0.0400. The summed E-state index contributed by atoms with van der Waals surface area (Å²) in [6.45, 7) is 3.30. The molecular weight excluding hydrogens is 418 g/mol. The maximum atomic E-state index is 12.8. The highest BCUT2D eigenvalue weighted by Crippen LogP contribution is 2.47. The Morgan fingerprint density at radius 1 is 1.30 bits per heavy atom. The molecule has 0 radical (unpaired) electrons. The van der Waals surface area contributed by atoms with E-state index >= 15 is 0 Å². The number of ether oxygens (including phenoxy) is 1. The first kappa shape index (κ1) is 21.0. The first-order valence-corrected chi connectivity index (χ1v) is 10.8. The summed E-state index contributed by atoms with van der Waals surface area (Å²) < 4.78 is 6.93. The molecule has 0 aromatic carbocycles. The Bertz CT molecular complexity index is 1330. The molecule has 168 valence electrons. The standard InChI is InChI=1S/C24H25N7O2/c1-14-3-4-26-11-19(14)21-7-15-8-22(27-12-20(15)23(25)29-21)30-24(32)18-9-17(18)16-10-28-31(13-16)5-6-33-2/h3-4,7-8,10-13,17-18H,5-6,9H2,1-2H3,(H2,25,29)(H,27,30,32)/t17-,18+/m0/s1. The molecule has 0 bridgehead atoms. The van der Waals surface area contributed by atoms with E-state index in [1.54, 1.807) is 25.7 Å². The summed E-state index contributed by atoms with van der Waals surface area (Å²) in [5, 5.41) is 8.90. The van der Waals surface area contributed by atoms with Crippen molar-refractivity contribution < 1.29 is 9.53 Å². The van der Waals surface area contributed by atoms with E-state index in [2.05, 4.69) is 25.4 Å². The lowest BCUT2D eigenvalue weighted by Gasteiger charge is -2.10. The molecule has 9 heteroatoms. The number of methoxy groups -OCH3 is 1. The summed E-state index contributed by atoms with van der Waals surface area (Å²) in [5.74, 6) is 0.944. The van der Waals surface area contributed by atoms with E-state index in [1.807, 2.05) is 42.2 Å². The second kappa shape index (κ2) is 8.59. The summed E-state index contributed by atoms with van der Waals surface area (Å²) in [7, 11) is 1.66. The van der Waals surface area contributed by atoms with Crippen LogP contribution in [0.15, 0.2) is 49.2 Å². The number of nitrogens with zero attached hydrogens (tertiary/aromatic N) is 5. The van der Waals surface area contributed by atoms with Crippen LogP contribution in [0.25, 0.3) is 22.0 Å². The van der Waals surface area contributed by atoms with Crippen molar-refractivity contribution in [2.75, 3.05) is 24.8 Å². The van der Waals surface area contributed by atoms with Crippen LogP contribution >= 0.6 is 0 Å². The highest BCUT2D eigenvalue weighted by atomic mass is 16.5. The molecule has 1 fully saturated rings. The third-order valence-electron chi connectivity index (χ3n) is 6.04. The molecular formula is C24H25N7O2. The first-order valence-electron chi connectivity index (χ1n) is 10.8. The number of nitrogen functional groups attached to an aromatic ring is 1. The summed E-state index contributed by atoms with van der Waals surface area (Å²) in [4.78, 5) is 25.9. The van der Waals surface area contributed by atoms with Gasteiger partial charge in [-0.2, -0.15) is 5.10 Å². The molecule has 1 amide bonds. The number of nitrogens with one attached hydrogen (secondary N) is 1. The largest absolute Gasteiger partial charge is 0.383 e. The Hall–Kier alpha value is -3.85. The second-order valence-electron chi connectivity index (χ2n) is 8.34. The van der Waals surface area contributed by atoms with Gasteiger partial charge in [-0.15, -0.1) is 0 Å². The Morgan fingerprint density at radius 2 is 2.18 bits per heavy atom. The van der Waals surface area contributed by atoms with Crippen molar-refractivity contribution in [2.45, 2.75) is 25.8 Å². The lowest BCUT2D eigenvalue weighted by atomic mass is 10.1. The zero-order valence-corrected chi connectivity index (χ0v) is 18.5. The second-order valence-corrected chi connectivity index (χ2v) is 8.34. The first-order chi connectivity index (χ1) is 16.0. The Labute approximate surface area is 191 Å². The van der Waals surface area contributed by atoms with Crippen molar-refractivity contribution in [1.29, 1.82) is 0 Å². The average Bonchev–Trinajstić information content (AvgIpc) is 3.48. The van der Waals surface area contributed by atoms with Gasteiger partial charge in [-0.1, -0.05) is 0 Å². The summed E-state index contributed by atoms with van der Waals surface area (Å²) >= 11 is 0. The molecule has 0 saturated heterocycles. The molecule has 33 heavy (non-hydrogen) atoms. The van der Waals surface area contributed by atoms with E-state index < -0.39 is 0 Å². The summed E-state index contributed by atoms with van der Waals surface area (Å²) in [6, 6.07) is 5.71. The van der Waals surface area contributed by atoms with Crippen LogP contribution in [0, 0.1) is 12.8 Å². The number of hydrogen-bond donors (Lipinski definition) is 2. The molecule has 0 unspecified atom stereocenters. The maximum absolute atomic E-state index is 12.8. The summed E-state index contributed by atoms with van der Waals surface area (Å²) in [6.07, 6.45) is 9.80. The molecule has 9 nitrogen and oxygen atoms in total. The fourth-order valence-corrected chi connectivity index (χ4v) is 4.06. The number of rotatable bonds is 7. The third kappa shape index (κ3) is 4.27. The predicted octanol–water partition coefficient (Wildman–Crippen LogP) is 3.17. The molecule has 1 aliphatic rings. The number of pyridine rings is 3. The normalized spacial score (nSPS) is 17.3. The monoisotopic (exact) mass is 443 g/mol. The third-order valence-corrected chi connectivity index (χ3v) is 6.04. The van der Waals surface area contributed by atoms with Crippen LogP contribution in [0.3, 0.4) is 0 Å². The number of nitrogens with two attached hydrogens (primary N) is 1. The van der Waals surface area contributed by atoms with Gasteiger partial charge >= 0.3 is 0 Å². The number of anilines is 2. The van der Waals surface area contributed by atoms with Crippen molar-refractivity contribution >= 4 is 28.3 Å². The number of fused-ring (bicyclic) bond motifs is 1. The zero-order valence-electron chi connectivity index (χ0n) is 18.5. The van der Waals surface area contributed by atoms with E-state index in [0.717, 1.165) is 39.6 Å². The van der Waals surface area contributed by atoms with Crippen molar-refractivity contribution in [3.05, 3.63) is 60.3 Å². The van der Waals surface area contributed by atoms with Gasteiger partial charge in [-0.25, -0.2) is 9.97 Å². The van der Waals surface area contributed by atoms with E-state index in [0.29, 0.717) is 24.8 Å². The minimum Gasteiger partial charge on any atom is -0.383 e. The van der Waals surface area contributed by atoms with Gasteiger partial charge in [0.2, 0.25) is 5.91 Å². The topological polar surface area (TPSA) is 121 Å². The van der Waals surface area contributed by atoms with Gasteiger partial charge in [-0.05, 0) is 54.0 Å². The molecule has 2 atom stereocenters. The molecule has 1 aliphatic carbocycles. The SMILES string of the molecule is COCCn1cc([C@@H]2C[C@H]2C(=O)Nc2cc3cc(-c4cnccc4C)nc(N)c3cn2)cn1. The van der Waals surface area contributed by atoms with Gasteiger partial charge in [0.15, 0.2) is 0 Å². The lowest BCUT2D eigenvalue weighted by molar-refractivity contribution is -0.117. The molecule has 1 saturated carbocycles. The van der Waals surface area contributed by atoms with Gasteiger partial charge in [0.25, 0.3) is 0 Å². The number of aromatic nitrogens is 5. The van der Waals surface area contributed by atoms with Crippen LogP contribution in [0.1, 0.15) is 23.5 Å².